The summed E-state index contributed by atoms with van der Waals surface area (Å²) in [5.41, 5.74) is 8.31. The third-order valence-electron chi connectivity index (χ3n) is 4.02. The quantitative estimate of drug-likeness (QED) is 0.800. The molecule has 1 atom stereocenters. The first-order valence-electron chi connectivity index (χ1n) is 8.19. The molecule has 126 valence electrons. The third kappa shape index (κ3) is 4.26. The highest BCUT2D eigenvalue weighted by atomic mass is 16.5. The van der Waals surface area contributed by atoms with Crippen LogP contribution in [-0.2, 0) is 16.0 Å². The van der Waals surface area contributed by atoms with Crippen molar-refractivity contribution in [3.05, 3.63) is 54.1 Å². The van der Waals surface area contributed by atoms with Crippen LogP contribution in [0.25, 0.3) is 0 Å². The van der Waals surface area contributed by atoms with Crippen molar-refractivity contribution in [1.82, 2.24) is 0 Å². The predicted molar refractivity (Wildman–Crippen MR) is 94.1 cm³/mol. The lowest BCUT2D eigenvalue weighted by atomic mass is 10.1. The molecule has 1 fully saturated rings. The van der Waals surface area contributed by atoms with E-state index in [0.29, 0.717) is 30.9 Å². The molecule has 0 aliphatic carbocycles. The van der Waals surface area contributed by atoms with Crippen LogP contribution in [0.3, 0.4) is 0 Å². The minimum atomic E-state index is -0.0584. The Morgan fingerprint density at radius 1 is 1.21 bits per heavy atom. The molecule has 1 saturated heterocycles. The Morgan fingerprint density at radius 2 is 2.00 bits per heavy atom. The van der Waals surface area contributed by atoms with E-state index in [9.17, 15) is 4.79 Å². The van der Waals surface area contributed by atoms with Crippen LogP contribution in [0, 0.1) is 0 Å². The smallest absolute Gasteiger partial charge is 0.224 e. The van der Waals surface area contributed by atoms with Gasteiger partial charge in [-0.25, -0.2) is 0 Å². The minimum Gasteiger partial charge on any atom is -0.486 e. The number of carbonyl (C=O) groups excluding carboxylic acids is 1. The Labute approximate surface area is 141 Å². The van der Waals surface area contributed by atoms with E-state index >= 15 is 0 Å². The lowest BCUT2D eigenvalue weighted by Gasteiger charge is -2.16. The molecular formula is C19H22N2O3. The van der Waals surface area contributed by atoms with Crippen molar-refractivity contribution in [3.63, 3.8) is 0 Å². The van der Waals surface area contributed by atoms with Crippen molar-refractivity contribution in [2.75, 3.05) is 24.3 Å². The molecule has 5 nitrogen and oxygen atoms in total. The second-order valence-electron chi connectivity index (χ2n) is 5.85. The van der Waals surface area contributed by atoms with Gasteiger partial charge in [-0.3, -0.25) is 4.79 Å². The Bertz CT molecular complexity index is 697. The van der Waals surface area contributed by atoms with Gasteiger partial charge >= 0.3 is 0 Å². The maximum absolute atomic E-state index is 12.3. The second kappa shape index (κ2) is 7.84. The summed E-state index contributed by atoms with van der Waals surface area (Å²) in [5.74, 6) is 0.623. The van der Waals surface area contributed by atoms with E-state index in [0.717, 1.165) is 24.3 Å². The molecule has 1 heterocycles. The van der Waals surface area contributed by atoms with E-state index in [2.05, 4.69) is 5.32 Å². The molecule has 1 aliphatic heterocycles. The van der Waals surface area contributed by atoms with Crippen molar-refractivity contribution >= 4 is 17.3 Å². The zero-order chi connectivity index (χ0) is 16.8. The maximum Gasteiger partial charge on any atom is 0.224 e. The summed E-state index contributed by atoms with van der Waals surface area (Å²) in [7, 11) is 0. The summed E-state index contributed by atoms with van der Waals surface area (Å²) in [6.45, 7) is 1.31. The predicted octanol–water partition coefficient (Wildman–Crippen LogP) is 3.01. The average Bonchev–Trinajstić information content (AvgIpc) is 3.09. The van der Waals surface area contributed by atoms with E-state index in [1.54, 1.807) is 0 Å². The Kier molecular flexibility index (Phi) is 5.33. The molecule has 0 saturated carbocycles. The summed E-state index contributed by atoms with van der Waals surface area (Å²) < 4.78 is 11.3. The fraction of sp³-hybridized carbons (Fsp3) is 0.316. The zero-order valence-electron chi connectivity index (χ0n) is 13.5. The van der Waals surface area contributed by atoms with Gasteiger partial charge < -0.3 is 20.5 Å². The number of para-hydroxylation sites is 3. The van der Waals surface area contributed by atoms with Crippen molar-refractivity contribution in [2.45, 2.75) is 25.4 Å². The summed E-state index contributed by atoms with van der Waals surface area (Å²) in [4.78, 5) is 12.3. The molecule has 1 unspecified atom stereocenters. The van der Waals surface area contributed by atoms with E-state index in [1.165, 1.54) is 0 Å². The fourth-order valence-electron chi connectivity index (χ4n) is 2.68. The number of nitrogen functional groups attached to an aromatic ring is 1. The van der Waals surface area contributed by atoms with Gasteiger partial charge in [-0.15, -0.1) is 0 Å². The molecule has 0 radical (unpaired) electrons. The van der Waals surface area contributed by atoms with Crippen molar-refractivity contribution < 1.29 is 14.3 Å². The van der Waals surface area contributed by atoms with Crippen molar-refractivity contribution in [1.29, 1.82) is 0 Å². The van der Waals surface area contributed by atoms with Crippen LogP contribution in [0.2, 0.25) is 0 Å². The second-order valence-corrected chi connectivity index (χ2v) is 5.85. The number of hydrogen-bond acceptors (Lipinski definition) is 4. The number of hydrogen-bond donors (Lipinski definition) is 2. The number of nitrogens with two attached hydrogens (primary N) is 1. The molecular weight excluding hydrogens is 304 g/mol. The van der Waals surface area contributed by atoms with Crippen LogP contribution >= 0.6 is 0 Å². The van der Waals surface area contributed by atoms with Crippen LogP contribution in [0.15, 0.2) is 48.5 Å². The monoisotopic (exact) mass is 326 g/mol. The normalized spacial score (nSPS) is 16.8. The van der Waals surface area contributed by atoms with Crippen LogP contribution in [-0.4, -0.2) is 25.2 Å². The molecule has 2 aromatic rings. The standard InChI is InChI=1S/C19H22N2O3/c20-16-6-2-1-5-14(16)9-10-19(22)21-17-7-3-4-8-18(17)24-15-11-12-23-13-15/h1-8,15H,9-13,20H2,(H,21,22). The molecule has 24 heavy (non-hydrogen) atoms. The number of ether oxygens (including phenoxy) is 2. The highest BCUT2D eigenvalue weighted by Gasteiger charge is 2.19. The summed E-state index contributed by atoms with van der Waals surface area (Å²) in [6.07, 6.45) is 1.90. The number of rotatable bonds is 6. The number of amides is 1. The molecule has 0 spiro atoms. The zero-order valence-corrected chi connectivity index (χ0v) is 13.5. The van der Waals surface area contributed by atoms with Gasteiger partial charge in [-0.1, -0.05) is 30.3 Å². The first-order chi connectivity index (χ1) is 11.7. The summed E-state index contributed by atoms with van der Waals surface area (Å²) >= 11 is 0. The molecule has 2 aromatic carbocycles. The van der Waals surface area contributed by atoms with E-state index < -0.39 is 0 Å². The topological polar surface area (TPSA) is 73.6 Å². The van der Waals surface area contributed by atoms with Crippen LogP contribution < -0.4 is 15.8 Å². The van der Waals surface area contributed by atoms with Gasteiger partial charge in [0.1, 0.15) is 11.9 Å². The molecule has 1 amide bonds. The Balaban J connectivity index is 1.58. The number of anilines is 2. The van der Waals surface area contributed by atoms with Gasteiger partial charge in [-0.2, -0.15) is 0 Å². The van der Waals surface area contributed by atoms with Crippen LogP contribution in [0.1, 0.15) is 18.4 Å². The van der Waals surface area contributed by atoms with E-state index in [-0.39, 0.29) is 12.0 Å². The van der Waals surface area contributed by atoms with Gasteiger partial charge in [0.25, 0.3) is 0 Å². The maximum atomic E-state index is 12.3. The van der Waals surface area contributed by atoms with Gasteiger partial charge in [0.15, 0.2) is 0 Å². The lowest BCUT2D eigenvalue weighted by Crippen LogP contribution is -2.18. The van der Waals surface area contributed by atoms with Crippen molar-refractivity contribution in [2.24, 2.45) is 0 Å². The molecule has 0 bridgehead atoms. The molecule has 5 heteroatoms. The number of benzene rings is 2. The van der Waals surface area contributed by atoms with Gasteiger partial charge in [-0.05, 0) is 30.2 Å². The largest absolute Gasteiger partial charge is 0.486 e. The molecule has 3 rings (SSSR count). The fourth-order valence-corrected chi connectivity index (χ4v) is 2.68. The summed E-state index contributed by atoms with van der Waals surface area (Å²) in [6, 6.07) is 15.1. The first kappa shape index (κ1) is 16.3. The number of nitrogens with one attached hydrogen (secondary N) is 1. The van der Waals surface area contributed by atoms with E-state index in [1.807, 2.05) is 48.5 Å². The SMILES string of the molecule is Nc1ccccc1CCC(=O)Nc1ccccc1OC1CCOC1. The van der Waals surface area contributed by atoms with E-state index in [4.69, 9.17) is 15.2 Å². The highest BCUT2D eigenvalue weighted by Crippen LogP contribution is 2.27. The number of aryl methyl sites for hydroxylation is 1. The molecule has 1 aliphatic rings. The van der Waals surface area contributed by atoms with Crippen LogP contribution in [0.5, 0.6) is 5.75 Å². The third-order valence-corrected chi connectivity index (χ3v) is 4.02. The van der Waals surface area contributed by atoms with Gasteiger partial charge in [0.05, 0.1) is 18.9 Å². The van der Waals surface area contributed by atoms with Gasteiger partial charge in [0.2, 0.25) is 5.91 Å². The summed E-state index contributed by atoms with van der Waals surface area (Å²) in [5, 5.41) is 2.93. The Morgan fingerprint density at radius 3 is 2.79 bits per heavy atom. The molecule has 3 N–H and O–H groups in total. The average molecular weight is 326 g/mol. The van der Waals surface area contributed by atoms with Crippen molar-refractivity contribution in [3.8, 4) is 5.75 Å². The van der Waals surface area contributed by atoms with Gasteiger partial charge in [0, 0.05) is 18.5 Å². The number of carbonyl (C=O) groups is 1. The lowest BCUT2D eigenvalue weighted by molar-refractivity contribution is -0.116. The highest BCUT2D eigenvalue weighted by molar-refractivity contribution is 5.92. The Hall–Kier alpha value is -2.53. The molecule has 0 aromatic heterocycles. The van der Waals surface area contributed by atoms with Crippen LogP contribution in [0.4, 0.5) is 11.4 Å². The minimum absolute atomic E-state index is 0.0483. The first-order valence-corrected chi connectivity index (χ1v) is 8.19.